The number of carboxylic acid groups (broad SMARTS) is 1. The third-order valence-corrected chi connectivity index (χ3v) is 4.45. The fourth-order valence-electron chi connectivity index (χ4n) is 3.08. The summed E-state index contributed by atoms with van der Waals surface area (Å²) in [6.45, 7) is 9.68. The monoisotopic (exact) mass is 306 g/mol. The van der Waals surface area contributed by atoms with E-state index in [9.17, 15) is 9.90 Å². The van der Waals surface area contributed by atoms with E-state index in [1.165, 1.54) is 0 Å². The Labute approximate surface area is 132 Å². The Morgan fingerprint density at radius 1 is 1.18 bits per heavy atom. The van der Waals surface area contributed by atoms with Gasteiger partial charge in [0.15, 0.2) is 0 Å². The van der Waals surface area contributed by atoms with Gasteiger partial charge in [-0.2, -0.15) is 0 Å². The molecule has 0 amide bonds. The minimum absolute atomic E-state index is 0.508. The molecule has 0 spiro atoms. The molecule has 1 N–H and O–H groups in total. The Bertz CT molecular complexity index is 523. The molecule has 1 saturated heterocycles. The molecule has 1 heterocycles. The van der Waals surface area contributed by atoms with Gasteiger partial charge in [0.25, 0.3) is 0 Å². The summed E-state index contributed by atoms with van der Waals surface area (Å²) in [6.07, 6.45) is 0. The average Bonchev–Trinajstić information content (AvgIpc) is 2.49. The Morgan fingerprint density at radius 2 is 1.77 bits per heavy atom. The van der Waals surface area contributed by atoms with Gasteiger partial charge in [-0.1, -0.05) is 6.07 Å². The van der Waals surface area contributed by atoms with Gasteiger partial charge in [-0.15, -0.1) is 0 Å². The van der Waals surface area contributed by atoms with Crippen LogP contribution in [0, 0.1) is 6.92 Å². The van der Waals surface area contributed by atoms with Gasteiger partial charge in [-0.25, -0.2) is 0 Å². The van der Waals surface area contributed by atoms with E-state index in [4.69, 9.17) is 4.74 Å². The highest BCUT2D eigenvalue weighted by Crippen LogP contribution is 2.28. The van der Waals surface area contributed by atoms with Crippen LogP contribution in [0.1, 0.15) is 31.0 Å². The summed E-state index contributed by atoms with van der Waals surface area (Å²) in [5.41, 5.74) is 1.81. The van der Waals surface area contributed by atoms with Gasteiger partial charge in [0, 0.05) is 32.2 Å². The zero-order valence-corrected chi connectivity index (χ0v) is 13.9. The largest absolute Gasteiger partial charge is 0.497 e. The number of carbonyl (C=O) groups is 1. The van der Waals surface area contributed by atoms with Crippen LogP contribution in [0.3, 0.4) is 0 Å². The molecule has 1 fully saturated rings. The lowest BCUT2D eigenvalue weighted by Gasteiger charge is -2.39. The van der Waals surface area contributed by atoms with Crippen molar-refractivity contribution >= 4 is 5.97 Å². The second-order valence-corrected chi connectivity index (χ2v) is 6.13. The van der Waals surface area contributed by atoms with Crippen molar-refractivity contribution in [1.29, 1.82) is 0 Å². The minimum atomic E-state index is -0.786. The summed E-state index contributed by atoms with van der Waals surface area (Å²) in [7, 11) is 1.62. The second-order valence-electron chi connectivity index (χ2n) is 6.13. The first kappa shape index (κ1) is 16.8. The minimum Gasteiger partial charge on any atom is -0.497 e. The Balaban J connectivity index is 2.19. The third-order valence-electron chi connectivity index (χ3n) is 4.45. The molecule has 1 aromatic carbocycles. The molecule has 0 aromatic heterocycles. The van der Waals surface area contributed by atoms with Crippen LogP contribution in [0.5, 0.6) is 5.75 Å². The number of methoxy groups -OCH3 is 1. The quantitative estimate of drug-likeness (QED) is 0.903. The van der Waals surface area contributed by atoms with E-state index in [1.807, 2.05) is 25.1 Å². The van der Waals surface area contributed by atoms with Gasteiger partial charge >= 0.3 is 5.97 Å². The van der Waals surface area contributed by atoms with E-state index in [1.54, 1.807) is 7.11 Å². The van der Waals surface area contributed by atoms with Crippen molar-refractivity contribution < 1.29 is 14.6 Å². The van der Waals surface area contributed by atoms with Crippen molar-refractivity contribution in [3.05, 3.63) is 29.3 Å². The van der Waals surface area contributed by atoms with Crippen molar-refractivity contribution in [2.24, 2.45) is 0 Å². The number of benzene rings is 1. The lowest BCUT2D eigenvalue weighted by atomic mass is 9.99. The van der Waals surface area contributed by atoms with Crippen molar-refractivity contribution in [3.8, 4) is 5.75 Å². The van der Waals surface area contributed by atoms with E-state index in [0.29, 0.717) is 6.04 Å². The number of rotatable bonds is 5. The first-order valence-corrected chi connectivity index (χ1v) is 7.79. The van der Waals surface area contributed by atoms with E-state index in [0.717, 1.165) is 43.1 Å². The smallest absolute Gasteiger partial charge is 0.325 e. The standard InChI is InChI=1S/C17H26N2O3/c1-12(2)18-7-9-19(10-8-18)16(17(20)21)15-6-5-14(22-4)11-13(15)3/h5-6,11-12,16H,7-10H2,1-4H3,(H,20,21)/t16-/m1/s1. The normalized spacial score (nSPS) is 18.4. The van der Waals surface area contributed by atoms with Crippen LogP contribution in [0.15, 0.2) is 18.2 Å². The Kier molecular flexibility index (Phi) is 5.42. The summed E-state index contributed by atoms with van der Waals surface area (Å²) in [5.74, 6) is -0.0266. The molecule has 0 radical (unpaired) electrons. The third kappa shape index (κ3) is 3.59. The highest BCUT2D eigenvalue weighted by molar-refractivity contribution is 5.76. The number of nitrogens with zero attached hydrogens (tertiary/aromatic N) is 2. The SMILES string of the molecule is COc1ccc([C@H](C(=O)O)N2CCN(C(C)C)CC2)c(C)c1. The number of ether oxygens (including phenoxy) is 1. The number of hydrogen-bond acceptors (Lipinski definition) is 4. The van der Waals surface area contributed by atoms with Crippen LogP contribution in [-0.2, 0) is 4.79 Å². The summed E-state index contributed by atoms with van der Waals surface area (Å²) >= 11 is 0. The lowest BCUT2D eigenvalue weighted by Crippen LogP contribution is -2.51. The molecule has 0 bridgehead atoms. The fraction of sp³-hybridized carbons (Fsp3) is 0.588. The van der Waals surface area contributed by atoms with Gasteiger partial charge in [0.05, 0.1) is 7.11 Å². The zero-order chi connectivity index (χ0) is 16.3. The highest BCUT2D eigenvalue weighted by atomic mass is 16.5. The van der Waals surface area contributed by atoms with Crippen molar-refractivity contribution in [3.63, 3.8) is 0 Å². The van der Waals surface area contributed by atoms with Crippen LogP contribution in [0.25, 0.3) is 0 Å². The molecular weight excluding hydrogens is 280 g/mol. The molecule has 22 heavy (non-hydrogen) atoms. The van der Waals surface area contributed by atoms with Gasteiger partial charge < -0.3 is 9.84 Å². The van der Waals surface area contributed by atoms with Gasteiger partial charge in [-0.3, -0.25) is 14.6 Å². The van der Waals surface area contributed by atoms with E-state index in [-0.39, 0.29) is 0 Å². The predicted octanol–water partition coefficient (Wildman–Crippen LogP) is 2.16. The first-order valence-electron chi connectivity index (χ1n) is 7.79. The summed E-state index contributed by atoms with van der Waals surface area (Å²) in [6, 6.07) is 5.54. The number of piperazine rings is 1. The molecule has 0 unspecified atom stereocenters. The number of aliphatic carboxylic acids is 1. The van der Waals surface area contributed by atoms with Crippen molar-refractivity contribution in [2.45, 2.75) is 32.9 Å². The maximum Gasteiger partial charge on any atom is 0.325 e. The maximum absolute atomic E-state index is 11.8. The van der Waals surface area contributed by atoms with Crippen LogP contribution in [0.2, 0.25) is 0 Å². The Hall–Kier alpha value is -1.59. The summed E-state index contributed by atoms with van der Waals surface area (Å²) < 4.78 is 5.21. The van der Waals surface area contributed by atoms with Gasteiger partial charge in [0.1, 0.15) is 11.8 Å². The molecule has 1 aliphatic rings. The molecule has 1 aromatic rings. The molecule has 1 aliphatic heterocycles. The molecule has 122 valence electrons. The number of hydrogen-bond donors (Lipinski definition) is 1. The average molecular weight is 306 g/mol. The van der Waals surface area contributed by atoms with Crippen molar-refractivity contribution in [2.75, 3.05) is 33.3 Å². The summed E-state index contributed by atoms with van der Waals surface area (Å²) in [4.78, 5) is 16.3. The number of carboxylic acids is 1. The van der Waals surface area contributed by atoms with Crippen molar-refractivity contribution in [1.82, 2.24) is 9.80 Å². The molecule has 1 atom stereocenters. The predicted molar refractivity (Wildman–Crippen MR) is 86.4 cm³/mol. The van der Waals surface area contributed by atoms with Crippen LogP contribution in [0.4, 0.5) is 0 Å². The highest BCUT2D eigenvalue weighted by Gasteiger charge is 2.31. The summed E-state index contributed by atoms with van der Waals surface area (Å²) in [5, 5.41) is 9.72. The van der Waals surface area contributed by atoms with E-state index in [2.05, 4.69) is 23.6 Å². The topological polar surface area (TPSA) is 53.0 Å². The number of aryl methyl sites for hydroxylation is 1. The fourth-order valence-corrected chi connectivity index (χ4v) is 3.08. The molecule has 0 saturated carbocycles. The van der Waals surface area contributed by atoms with Crippen LogP contribution in [-0.4, -0.2) is 60.2 Å². The Morgan fingerprint density at radius 3 is 2.23 bits per heavy atom. The molecular formula is C17H26N2O3. The second kappa shape index (κ2) is 7.11. The molecule has 0 aliphatic carbocycles. The van der Waals surface area contributed by atoms with E-state index >= 15 is 0 Å². The van der Waals surface area contributed by atoms with Gasteiger partial charge in [-0.05, 0) is 44.0 Å². The van der Waals surface area contributed by atoms with Crippen LogP contribution >= 0.6 is 0 Å². The van der Waals surface area contributed by atoms with Gasteiger partial charge in [0.2, 0.25) is 0 Å². The maximum atomic E-state index is 11.8. The lowest BCUT2D eigenvalue weighted by molar-refractivity contribution is -0.144. The zero-order valence-electron chi connectivity index (χ0n) is 13.9. The molecule has 5 heteroatoms. The molecule has 5 nitrogen and oxygen atoms in total. The van der Waals surface area contributed by atoms with E-state index < -0.39 is 12.0 Å². The molecule has 2 rings (SSSR count). The van der Waals surface area contributed by atoms with Crippen LogP contribution < -0.4 is 4.74 Å². The first-order chi connectivity index (χ1) is 10.4.